The Labute approximate surface area is 124 Å². The van der Waals surface area contributed by atoms with Crippen molar-refractivity contribution >= 4 is 5.91 Å². The van der Waals surface area contributed by atoms with Crippen LogP contribution >= 0.6 is 0 Å². The number of hydrogen-bond acceptors (Lipinski definition) is 2. The van der Waals surface area contributed by atoms with Gasteiger partial charge in [-0.05, 0) is 31.7 Å². The lowest BCUT2D eigenvalue weighted by molar-refractivity contribution is -0.885. The molecule has 1 saturated carbocycles. The lowest BCUT2D eigenvalue weighted by Gasteiger charge is -2.23. The highest BCUT2D eigenvalue weighted by Gasteiger charge is 2.43. The Kier molecular flexibility index (Phi) is 4.59. The average Bonchev–Trinajstić information content (AvgIpc) is 3.25. The molecule has 1 aliphatic rings. The van der Waals surface area contributed by atoms with Crippen LogP contribution in [-0.2, 0) is 11.3 Å². The number of nitrogens with one attached hydrogen (secondary N) is 2. The molecule has 1 amide bonds. The molecule has 4 nitrogen and oxygen atoms in total. The Bertz CT molecular complexity index is 565. The molecule has 5 heteroatoms. The molecule has 2 N–H and O–H groups in total. The SMILES string of the molecule is C[NH+](CC(=O)N[C@](C)(C#N)C1CC1)Cc1ccccc1F. The zero-order chi connectivity index (χ0) is 15.5. The van der Waals surface area contributed by atoms with Crippen LogP contribution in [0.4, 0.5) is 4.39 Å². The van der Waals surface area contributed by atoms with Gasteiger partial charge in [0.25, 0.3) is 5.91 Å². The molecular formula is C16H21FN3O+. The number of amides is 1. The lowest BCUT2D eigenvalue weighted by atomic mass is 9.98. The molecule has 1 aromatic rings. The van der Waals surface area contributed by atoms with E-state index >= 15 is 0 Å². The predicted molar refractivity (Wildman–Crippen MR) is 76.7 cm³/mol. The van der Waals surface area contributed by atoms with Crippen LogP contribution in [0.3, 0.4) is 0 Å². The summed E-state index contributed by atoms with van der Waals surface area (Å²) in [6.07, 6.45) is 1.98. The van der Waals surface area contributed by atoms with Crippen LogP contribution in [0.2, 0.25) is 0 Å². The van der Waals surface area contributed by atoms with E-state index in [-0.39, 0.29) is 24.2 Å². The first-order chi connectivity index (χ1) is 9.94. The van der Waals surface area contributed by atoms with Gasteiger partial charge in [-0.25, -0.2) is 4.39 Å². The first-order valence-electron chi connectivity index (χ1n) is 7.21. The van der Waals surface area contributed by atoms with Gasteiger partial charge in [0.1, 0.15) is 17.9 Å². The molecule has 0 heterocycles. The Hall–Kier alpha value is -1.93. The van der Waals surface area contributed by atoms with Crippen molar-refractivity contribution < 1.29 is 14.1 Å². The normalized spacial score (nSPS) is 18.4. The minimum Gasteiger partial charge on any atom is -0.333 e. The van der Waals surface area contributed by atoms with Gasteiger partial charge in [-0.2, -0.15) is 5.26 Å². The maximum Gasteiger partial charge on any atom is 0.276 e. The summed E-state index contributed by atoms with van der Waals surface area (Å²) in [5.74, 6) is -0.157. The fourth-order valence-corrected chi connectivity index (χ4v) is 2.52. The highest BCUT2D eigenvalue weighted by molar-refractivity contribution is 5.78. The molecule has 1 aromatic carbocycles. The summed E-state index contributed by atoms with van der Waals surface area (Å²) in [5.41, 5.74) is -0.178. The van der Waals surface area contributed by atoms with Crippen molar-refractivity contribution in [3.63, 3.8) is 0 Å². The Morgan fingerprint density at radius 2 is 2.19 bits per heavy atom. The van der Waals surface area contributed by atoms with Crippen LogP contribution in [0, 0.1) is 23.1 Å². The Morgan fingerprint density at radius 3 is 2.76 bits per heavy atom. The number of hydrogen-bond donors (Lipinski definition) is 2. The number of nitrogens with zero attached hydrogens (tertiary/aromatic N) is 1. The van der Waals surface area contributed by atoms with Crippen LogP contribution in [0.5, 0.6) is 0 Å². The van der Waals surface area contributed by atoms with Crippen LogP contribution < -0.4 is 10.2 Å². The summed E-state index contributed by atoms with van der Waals surface area (Å²) in [5, 5.41) is 12.1. The van der Waals surface area contributed by atoms with Gasteiger partial charge < -0.3 is 10.2 Å². The lowest BCUT2D eigenvalue weighted by Crippen LogP contribution is -3.09. The number of quaternary nitrogens is 1. The number of benzene rings is 1. The molecule has 1 aliphatic carbocycles. The van der Waals surface area contributed by atoms with Crippen molar-refractivity contribution in [2.75, 3.05) is 13.6 Å². The standard InChI is InChI=1S/C16H20FN3O/c1-16(11-18,13-7-8-13)19-15(21)10-20(2)9-12-5-3-4-6-14(12)17/h3-6,13H,7-10H2,1-2H3,(H,19,21)/p+1/t16-/m1/s1. The summed E-state index contributed by atoms with van der Waals surface area (Å²) in [7, 11) is 1.84. The summed E-state index contributed by atoms with van der Waals surface area (Å²) in [6.45, 7) is 2.43. The molecule has 0 bridgehead atoms. The smallest absolute Gasteiger partial charge is 0.276 e. The molecular weight excluding hydrogens is 269 g/mol. The maximum absolute atomic E-state index is 13.6. The second-order valence-corrected chi connectivity index (χ2v) is 6.04. The molecule has 2 rings (SSSR count). The summed E-state index contributed by atoms with van der Waals surface area (Å²) < 4.78 is 13.6. The number of carbonyl (C=O) groups is 1. The number of rotatable bonds is 6. The molecule has 2 atom stereocenters. The molecule has 112 valence electrons. The van der Waals surface area contributed by atoms with E-state index in [1.54, 1.807) is 25.1 Å². The molecule has 1 unspecified atom stereocenters. The summed E-state index contributed by atoms with van der Waals surface area (Å²) >= 11 is 0. The first kappa shape index (κ1) is 15.5. The van der Waals surface area contributed by atoms with E-state index in [4.69, 9.17) is 0 Å². The Balaban J connectivity index is 1.88. The molecule has 0 spiro atoms. The number of carbonyl (C=O) groups excluding carboxylic acids is 1. The van der Waals surface area contributed by atoms with Crippen LogP contribution in [0.15, 0.2) is 24.3 Å². The average molecular weight is 290 g/mol. The first-order valence-corrected chi connectivity index (χ1v) is 7.21. The third-order valence-electron chi connectivity index (χ3n) is 3.94. The maximum atomic E-state index is 13.6. The zero-order valence-corrected chi connectivity index (χ0v) is 12.4. The molecule has 0 aliphatic heterocycles. The molecule has 0 aromatic heterocycles. The van der Waals surface area contributed by atoms with Gasteiger partial charge in [-0.1, -0.05) is 18.2 Å². The van der Waals surface area contributed by atoms with Gasteiger partial charge in [0.05, 0.1) is 13.1 Å². The van der Waals surface area contributed by atoms with Crippen molar-refractivity contribution in [3.05, 3.63) is 35.6 Å². The van der Waals surface area contributed by atoms with Crippen molar-refractivity contribution in [2.24, 2.45) is 5.92 Å². The molecule has 0 radical (unpaired) electrons. The van der Waals surface area contributed by atoms with E-state index in [0.717, 1.165) is 17.7 Å². The fraction of sp³-hybridized carbons (Fsp3) is 0.500. The van der Waals surface area contributed by atoms with Crippen LogP contribution in [0.25, 0.3) is 0 Å². The summed E-state index contributed by atoms with van der Waals surface area (Å²) in [6, 6.07) is 8.77. The predicted octanol–water partition coefficient (Wildman–Crippen LogP) is 0.649. The number of halogens is 1. The molecule has 1 fully saturated rings. The second kappa shape index (κ2) is 6.23. The summed E-state index contributed by atoms with van der Waals surface area (Å²) in [4.78, 5) is 12.9. The Morgan fingerprint density at radius 1 is 1.52 bits per heavy atom. The van der Waals surface area contributed by atoms with E-state index in [1.165, 1.54) is 6.07 Å². The molecule has 0 saturated heterocycles. The number of likely N-dealkylation sites (N-methyl/N-ethyl adjacent to an activating group) is 1. The van der Waals surface area contributed by atoms with E-state index in [2.05, 4.69) is 11.4 Å². The highest BCUT2D eigenvalue weighted by Crippen LogP contribution is 2.39. The van der Waals surface area contributed by atoms with E-state index in [9.17, 15) is 14.4 Å². The fourth-order valence-electron chi connectivity index (χ4n) is 2.52. The van der Waals surface area contributed by atoms with E-state index in [1.807, 2.05) is 7.05 Å². The van der Waals surface area contributed by atoms with Crippen LogP contribution in [0.1, 0.15) is 25.3 Å². The van der Waals surface area contributed by atoms with Gasteiger partial charge in [0.15, 0.2) is 6.54 Å². The van der Waals surface area contributed by atoms with Gasteiger partial charge in [-0.15, -0.1) is 0 Å². The quantitative estimate of drug-likeness (QED) is 0.808. The van der Waals surface area contributed by atoms with Gasteiger partial charge in [0.2, 0.25) is 0 Å². The van der Waals surface area contributed by atoms with Crippen molar-refractivity contribution in [3.8, 4) is 6.07 Å². The van der Waals surface area contributed by atoms with Crippen LogP contribution in [-0.4, -0.2) is 25.0 Å². The van der Waals surface area contributed by atoms with Gasteiger partial charge in [-0.3, -0.25) is 4.79 Å². The number of nitriles is 1. The molecule has 21 heavy (non-hydrogen) atoms. The van der Waals surface area contributed by atoms with Crippen molar-refractivity contribution in [1.29, 1.82) is 5.26 Å². The zero-order valence-electron chi connectivity index (χ0n) is 12.4. The minimum atomic E-state index is -0.768. The topological polar surface area (TPSA) is 57.3 Å². The largest absolute Gasteiger partial charge is 0.333 e. The monoisotopic (exact) mass is 290 g/mol. The van der Waals surface area contributed by atoms with Crippen molar-refractivity contribution in [2.45, 2.75) is 31.8 Å². The third-order valence-corrected chi connectivity index (χ3v) is 3.94. The van der Waals surface area contributed by atoms with Crippen molar-refractivity contribution in [1.82, 2.24) is 5.32 Å². The third kappa shape index (κ3) is 4.02. The van der Waals surface area contributed by atoms with Gasteiger partial charge in [0, 0.05) is 5.56 Å². The van der Waals surface area contributed by atoms with E-state index in [0.29, 0.717) is 12.1 Å². The minimum absolute atomic E-state index is 0.167. The second-order valence-electron chi connectivity index (χ2n) is 6.04. The van der Waals surface area contributed by atoms with E-state index < -0.39 is 5.54 Å². The highest BCUT2D eigenvalue weighted by atomic mass is 19.1. The van der Waals surface area contributed by atoms with Gasteiger partial charge >= 0.3 is 0 Å².